The maximum Gasteiger partial charge on any atom is 0.295 e. The van der Waals surface area contributed by atoms with Gasteiger partial charge in [-0.15, -0.1) is 0 Å². The molecule has 1 amide bonds. The minimum atomic E-state index is -0.610. The van der Waals surface area contributed by atoms with Gasteiger partial charge in [-0.05, 0) is 12.0 Å². The third kappa shape index (κ3) is 3.95. The fraction of sp³-hybridized carbons (Fsp3) is 0.304. The molecule has 0 unspecified atom stereocenters. The number of carbonyl (C=O) groups is 2. The maximum atomic E-state index is 12.8. The zero-order valence-electron chi connectivity index (χ0n) is 15.6. The van der Waals surface area contributed by atoms with Crippen LogP contribution >= 0.6 is 0 Å². The van der Waals surface area contributed by atoms with E-state index in [1.165, 1.54) is 0 Å². The predicted molar refractivity (Wildman–Crippen MR) is 106 cm³/mol. The van der Waals surface area contributed by atoms with Crippen molar-refractivity contribution >= 4 is 17.4 Å². The first kappa shape index (κ1) is 18.9. The number of ketones is 1. The van der Waals surface area contributed by atoms with E-state index in [4.69, 9.17) is 0 Å². The fourth-order valence-electron chi connectivity index (χ4n) is 3.55. The SMILES string of the molecule is CCCCCCN1C(=O)C(=O)/C(=C(/O)c2ccccc2)[C@@H]1c1ccccc1. The van der Waals surface area contributed by atoms with Crippen molar-refractivity contribution < 1.29 is 14.7 Å². The predicted octanol–water partition coefficient (Wildman–Crippen LogP) is 4.69. The number of aliphatic hydroxyl groups is 1. The Hall–Kier alpha value is -2.88. The van der Waals surface area contributed by atoms with Crippen molar-refractivity contribution in [3.8, 4) is 0 Å². The lowest BCUT2D eigenvalue weighted by atomic mass is 9.95. The lowest BCUT2D eigenvalue weighted by Crippen LogP contribution is -2.30. The number of unbranched alkanes of at least 4 members (excludes halogenated alkanes) is 3. The molecule has 0 saturated carbocycles. The van der Waals surface area contributed by atoms with E-state index in [0.717, 1.165) is 31.2 Å². The van der Waals surface area contributed by atoms with Crippen LogP contribution in [0.2, 0.25) is 0 Å². The summed E-state index contributed by atoms with van der Waals surface area (Å²) < 4.78 is 0. The van der Waals surface area contributed by atoms with E-state index in [-0.39, 0.29) is 11.3 Å². The highest BCUT2D eigenvalue weighted by atomic mass is 16.3. The number of likely N-dealkylation sites (tertiary alicyclic amines) is 1. The van der Waals surface area contributed by atoms with Crippen molar-refractivity contribution in [1.29, 1.82) is 0 Å². The monoisotopic (exact) mass is 363 g/mol. The van der Waals surface area contributed by atoms with Gasteiger partial charge in [0.2, 0.25) is 0 Å². The number of carbonyl (C=O) groups excluding carboxylic acids is 2. The number of benzene rings is 2. The van der Waals surface area contributed by atoms with Crippen LogP contribution < -0.4 is 0 Å². The molecule has 1 aliphatic heterocycles. The van der Waals surface area contributed by atoms with Crippen molar-refractivity contribution in [2.45, 2.75) is 38.6 Å². The highest BCUT2D eigenvalue weighted by Gasteiger charge is 2.45. The summed E-state index contributed by atoms with van der Waals surface area (Å²) in [7, 11) is 0. The van der Waals surface area contributed by atoms with E-state index in [2.05, 4.69) is 6.92 Å². The average molecular weight is 363 g/mol. The quantitative estimate of drug-likeness (QED) is 0.336. The van der Waals surface area contributed by atoms with Crippen molar-refractivity contribution in [3.05, 3.63) is 77.4 Å². The first-order chi connectivity index (χ1) is 13.1. The number of aliphatic hydroxyl groups excluding tert-OH is 1. The van der Waals surface area contributed by atoms with Crippen molar-refractivity contribution in [1.82, 2.24) is 4.90 Å². The molecule has 0 aliphatic carbocycles. The van der Waals surface area contributed by atoms with Gasteiger partial charge in [0.1, 0.15) is 5.76 Å². The van der Waals surface area contributed by atoms with E-state index >= 15 is 0 Å². The van der Waals surface area contributed by atoms with E-state index in [0.29, 0.717) is 12.1 Å². The Morgan fingerprint density at radius 1 is 0.926 bits per heavy atom. The van der Waals surface area contributed by atoms with Crippen LogP contribution in [0, 0.1) is 0 Å². The molecule has 140 valence electrons. The zero-order chi connectivity index (χ0) is 19.2. The molecule has 1 fully saturated rings. The summed E-state index contributed by atoms with van der Waals surface area (Å²) in [6, 6.07) is 17.8. The van der Waals surface area contributed by atoms with Gasteiger partial charge >= 0.3 is 0 Å². The Morgan fingerprint density at radius 3 is 2.19 bits per heavy atom. The van der Waals surface area contributed by atoms with Crippen LogP contribution in [0.1, 0.15) is 49.8 Å². The van der Waals surface area contributed by atoms with E-state index in [1.54, 1.807) is 29.2 Å². The Labute approximate surface area is 160 Å². The van der Waals surface area contributed by atoms with Crippen molar-refractivity contribution in [2.24, 2.45) is 0 Å². The van der Waals surface area contributed by atoms with Gasteiger partial charge in [-0.1, -0.05) is 86.8 Å². The molecule has 4 nitrogen and oxygen atoms in total. The standard InChI is InChI=1S/C23H25NO3/c1-2-3-4-11-16-24-20(17-12-7-5-8-13-17)19(22(26)23(24)27)21(25)18-14-9-6-10-15-18/h5-10,12-15,20,25H,2-4,11,16H2,1H3/b21-19+/t20-/m0/s1. The number of amides is 1. The lowest BCUT2D eigenvalue weighted by molar-refractivity contribution is -0.139. The molecule has 1 aliphatic rings. The number of hydrogen-bond acceptors (Lipinski definition) is 3. The Morgan fingerprint density at radius 2 is 1.56 bits per heavy atom. The summed E-state index contributed by atoms with van der Waals surface area (Å²) in [5.41, 5.74) is 1.56. The molecular weight excluding hydrogens is 338 g/mol. The Bertz CT molecular complexity index is 827. The van der Waals surface area contributed by atoms with Gasteiger partial charge in [0.25, 0.3) is 11.7 Å². The molecule has 2 aromatic rings. The Balaban J connectivity index is 2.03. The first-order valence-electron chi connectivity index (χ1n) is 9.54. The second-order valence-electron chi connectivity index (χ2n) is 6.83. The summed E-state index contributed by atoms with van der Waals surface area (Å²) in [6.45, 7) is 2.64. The maximum absolute atomic E-state index is 12.8. The molecule has 27 heavy (non-hydrogen) atoms. The first-order valence-corrected chi connectivity index (χ1v) is 9.54. The van der Waals surface area contributed by atoms with Crippen LogP contribution in [0.4, 0.5) is 0 Å². The van der Waals surface area contributed by atoms with Gasteiger partial charge in [-0.3, -0.25) is 9.59 Å². The summed E-state index contributed by atoms with van der Waals surface area (Å²) in [5.74, 6) is -1.25. The van der Waals surface area contributed by atoms with E-state index in [9.17, 15) is 14.7 Å². The topological polar surface area (TPSA) is 57.6 Å². The highest BCUT2D eigenvalue weighted by Crippen LogP contribution is 2.39. The molecule has 1 heterocycles. The normalized spacial score (nSPS) is 18.9. The third-order valence-corrected chi connectivity index (χ3v) is 4.96. The summed E-state index contributed by atoms with van der Waals surface area (Å²) >= 11 is 0. The average Bonchev–Trinajstić information content (AvgIpc) is 2.97. The van der Waals surface area contributed by atoms with Gasteiger partial charge in [-0.2, -0.15) is 0 Å². The molecule has 0 aromatic heterocycles. The smallest absolute Gasteiger partial charge is 0.295 e. The van der Waals surface area contributed by atoms with Gasteiger partial charge in [0, 0.05) is 12.1 Å². The molecule has 0 bridgehead atoms. The number of rotatable bonds is 7. The van der Waals surface area contributed by atoms with Crippen LogP contribution in [0.25, 0.3) is 5.76 Å². The molecule has 0 radical (unpaired) electrons. The molecular formula is C23H25NO3. The van der Waals surface area contributed by atoms with Crippen molar-refractivity contribution in [2.75, 3.05) is 6.54 Å². The van der Waals surface area contributed by atoms with Crippen LogP contribution in [0.5, 0.6) is 0 Å². The molecule has 1 N–H and O–H groups in total. The van der Waals surface area contributed by atoms with Crippen LogP contribution in [-0.4, -0.2) is 28.2 Å². The van der Waals surface area contributed by atoms with E-state index < -0.39 is 17.7 Å². The lowest BCUT2D eigenvalue weighted by Gasteiger charge is -2.25. The van der Waals surface area contributed by atoms with E-state index in [1.807, 2.05) is 36.4 Å². The Kier molecular flexibility index (Phi) is 6.07. The minimum absolute atomic E-state index is 0.112. The molecule has 0 spiro atoms. The van der Waals surface area contributed by atoms with Crippen LogP contribution in [0.3, 0.4) is 0 Å². The van der Waals surface area contributed by atoms with Gasteiger partial charge in [-0.25, -0.2) is 0 Å². The number of nitrogens with zero attached hydrogens (tertiary/aromatic N) is 1. The number of hydrogen-bond donors (Lipinski definition) is 1. The van der Waals surface area contributed by atoms with Crippen LogP contribution in [-0.2, 0) is 9.59 Å². The number of Topliss-reactive ketones (excluding diaryl/α,β-unsaturated/α-hetero) is 1. The van der Waals surface area contributed by atoms with Crippen LogP contribution in [0.15, 0.2) is 66.2 Å². The molecule has 4 heteroatoms. The zero-order valence-corrected chi connectivity index (χ0v) is 15.6. The van der Waals surface area contributed by atoms with Crippen molar-refractivity contribution in [3.63, 3.8) is 0 Å². The largest absolute Gasteiger partial charge is 0.507 e. The molecule has 2 aromatic carbocycles. The fourth-order valence-corrected chi connectivity index (χ4v) is 3.55. The summed E-state index contributed by atoms with van der Waals surface area (Å²) in [5, 5.41) is 10.8. The summed E-state index contributed by atoms with van der Waals surface area (Å²) in [4.78, 5) is 27.1. The second kappa shape index (κ2) is 8.67. The third-order valence-electron chi connectivity index (χ3n) is 4.96. The summed E-state index contributed by atoms with van der Waals surface area (Å²) in [6.07, 6.45) is 4.06. The molecule has 3 rings (SSSR count). The van der Waals surface area contributed by atoms with Gasteiger partial charge in [0.05, 0.1) is 11.6 Å². The van der Waals surface area contributed by atoms with Gasteiger partial charge < -0.3 is 10.0 Å². The minimum Gasteiger partial charge on any atom is -0.507 e. The molecule has 1 saturated heterocycles. The highest BCUT2D eigenvalue weighted by molar-refractivity contribution is 6.46. The van der Waals surface area contributed by atoms with Gasteiger partial charge in [0.15, 0.2) is 0 Å². The molecule has 1 atom stereocenters. The second-order valence-corrected chi connectivity index (χ2v) is 6.83.